The summed E-state index contributed by atoms with van der Waals surface area (Å²) in [5.74, 6) is 0.810. The number of nitrogens with one attached hydrogen (secondary N) is 1. The Morgan fingerprint density at radius 3 is 2.85 bits per heavy atom. The molecular formula is C11H23NO. The zero-order chi connectivity index (χ0) is 9.68. The minimum Gasteiger partial charge on any atom is -0.378 e. The van der Waals surface area contributed by atoms with E-state index in [0.717, 1.165) is 19.1 Å². The number of ether oxygens (including phenoxy) is 1. The Labute approximate surface area is 82.0 Å². The summed E-state index contributed by atoms with van der Waals surface area (Å²) in [7, 11) is 0. The molecule has 1 fully saturated rings. The van der Waals surface area contributed by atoms with Crippen LogP contribution in [0, 0.1) is 5.92 Å². The quantitative estimate of drug-likeness (QED) is 0.725. The van der Waals surface area contributed by atoms with Crippen LogP contribution in [0.15, 0.2) is 0 Å². The molecule has 1 heterocycles. The second-order valence-electron chi connectivity index (χ2n) is 4.54. The van der Waals surface area contributed by atoms with Crippen molar-refractivity contribution in [2.24, 2.45) is 5.92 Å². The minimum atomic E-state index is 0.449. The predicted octanol–water partition coefficient (Wildman–Crippen LogP) is 2.19. The van der Waals surface area contributed by atoms with E-state index >= 15 is 0 Å². The highest BCUT2D eigenvalue weighted by Crippen LogP contribution is 2.13. The van der Waals surface area contributed by atoms with Gasteiger partial charge < -0.3 is 10.1 Å². The molecule has 2 unspecified atom stereocenters. The van der Waals surface area contributed by atoms with Crippen LogP contribution < -0.4 is 5.32 Å². The van der Waals surface area contributed by atoms with Crippen molar-refractivity contribution >= 4 is 0 Å². The van der Waals surface area contributed by atoms with Crippen LogP contribution in [0.2, 0.25) is 0 Å². The molecule has 1 rings (SSSR count). The molecule has 0 saturated carbocycles. The van der Waals surface area contributed by atoms with E-state index in [1.54, 1.807) is 0 Å². The lowest BCUT2D eigenvalue weighted by Gasteiger charge is -2.28. The smallest absolute Gasteiger partial charge is 0.0561 e. The van der Waals surface area contributed by atoms with Crippen molar-refractivity contribution in [1.82, 2.24) is 5.32 Å². The minimum absolute atomic E-state index is 0.449. The SMILES string of the molecule is CC(C)CCNC1CCOC(C)C1. The topological polar surface area (TPSA) is 21.3 Å². The normalized spacial score (nSPS) is 29.5. The van der Waals surface area contributed by atoms with Crippen LogP contribution in [-0.2, 0) is 4.74 Å². The second kappa shape index (κ2) is 5.61. The van der Waals surface area contributed by atoms with Crippen LogP contribution >= 0.6 is 0 Å². The van der Waals surface area contributed by atoms with Crippen LogP contribution in [0.3, 0.4) is 0 Å². The van der Waals surface area contributed by atoms with E-state index in [1.165, 1.54) is 19.3 Å². The first-order valence-corrected chi connectivity index (χ1v) is 5.53. The fraction of sp³-hybridized carbons (Fsp3) is 1.00. The molecular weight excluding hydrogens is 162 g/mol. The van der Waals surface area contributed by atoms with E-state index in [1.807, 2.05) is 0 Å². The molecule has 0 spiro atoms. The Hall–Kier alpha value is -0.0800. The van der Waals surface area contributed by atoms with E-state index in [9.17, 15) is 0 Å². The molecule has 0 aromatic carbocycles. The molecule has 2 nitrogen and oxygen atoms in total. The summed E-state index contributed by atoms with van der Waals surface area (Å²) in [5, 5.41) is 3.60. The Morgan fingerprint density at radius 1 is 1.46 bits per heavy atom. The molecule has 0 bridgehead atoms. The van der Waals surface area contributed by atoms with Gasteiger partial charge in [0.2, 0.25) is 0 Å². The Morgan fingerprint density at radius 2 is 2.23 bits per heavy atom. The zero-order valence-corrected chi connectivity index (χ0v) is 9.18. The van der Waals surface area contributed by atoms with Gasteiger partial charge in [-0.25, -0.2) is 0 Å². The van der Waals surface area contributed by atoms with Gasteiger partial charge in [-0.3, -0.25) is 0 Å². The fourth-order valence-corrected chi connectivity index (χ4v) is 1.76. The average molecular weight is 185 g/mol. The van der Waals surface area contributed by atoms with Gasteiger partial charge in [0, 0.05) is 12.6 Å². The molecule has 1 N–H and O–H groups in total. The monoisotopic (exact) mass is 185 g/mol. The lowest BCUT2D eigenvalue weighted by Crippen LogP contribution is -2.38. The molecule has 2 heteroatoms. The number of rotatable bonds is 4. The third-order valence-electron chi connectivity index (χ3n) is 2.64. The molecule has 1 aliphatic heterocycles. The van der Waals surface area contributed by atoms with Gasteiger partial charge in [0.05, 0.1) is 6.10 Å². The molecule has 78 valence electrons. The largest absolute Gasteiger partial charge is 0.378 e. The van der Waals surface area contributed by atoms with Gasteiger partial charge in [0.25, 0.3) is 0 Å². The van der Waals surface area contributed by atoms with Crippen molar-refractivity contribution in [3.8, 4) is 0 Å². The van der Waals surface area contributed by atoms with E-state index in [4.69, 9.17) is 4.74 Å². The van der Waals surface area contributed by atoms with Gasteiger partial charge in [-0.15, -0.1) is 0 Å². The number of hydrogen-bond acceptors (Lipinski definition) is 2. The van der Waals surface area contributed by atoms with E-state index in [2.05, 4.69) is 26.1 Å². The van der Waals surface area contributed by atoms with Gasteiger partial charge >= 0.3 is 0 Å². The third kappa shape index (κ3) is 4.63. The van der Waals surface area contributed by atoms with Crippen LogP contribution in [-0.4, -0.2) is 25.3 Å². The molecule has 0 aromatic heterocycles. The first-order valence-electron chi connectivity index (χ1n) is 5.53. The van der Waals surface area contributed by atoms with Crippen molar-refractivity contribution in [1.29, 1.82) is 0 Å². The average Bonchev–Trinajstić information content (AvgIpc) is 2.03. The molecule has 0 aliphatic carbocycles. The van der Waals surface area contributed by atoms with Crippen LogP contribution in [0.1, 0.15) is 40.0 Å². The highest BCUT2D eigenvalue weighted by molar-refractivity contribution is 4.74. The fourth-order valence-electron chi connectivity index (χ4n) is 1.76. The van der Waals surface area contributed by atoms with E-state index < -0.39 is 0 Å². The van der Waals surface area contributed by atoms with Gasteiger partial charge in [0.1, 0.15) is 0 Å². The van der Waals surface area contributed by atoms with Crippen molar-refractivity contribution in [2.75, 3.05) is 13.2 Å². The summed E-state index contributed by atoms with van der Waals surface area (Å²) in [6.45, 7) is 8.80. The van der Waals surface area contributed by atoms with Crippen LogP contribution in [0.25, 0.3) is 0 Å². The van der Waals surface area contributed by atoms with Crippen LogP contribution in [0.5, 0.6) is 0 Å². The summed E-state index contributed by atoms with van der Waals surface area (Å²) in [4.78, 5) is 0. The predicted molar refractivity (Wildman–Crippen MR) is 55.9 cm³/mol. The maximum atomic E-state index is 5.50. The summed E-state index contributed by atoms with van der Waals surface area (Å²) < 4.78 is 5.50. The van der Waals surface area contributed by atoms with Gasteiger partial charge in [0.15, 0.2) is 0 Å². The second-order valence-corrected chi connectivity index (χ2v) is 4.54. The lowest BCUT2D eigenvalue weighted by atomic mass is 10.0. The molecule has 2 atom stereocenters. The molecule has 13 heavy (non-hydrogen) atoms. The highest BCUT2D eigenvalue weighted by atomic mass is 16.5. The lowest BCUT2D eigenvalue weighted by molar-refractivity contribution is 0.0133. The molecule has 1 aliphatic rings. The van der Waals surface area contributed by atoms with Gasteiger partial charge in [-0.1, -0.05) is 13.8 Å². The first kappa shape index (κ1) is 11.0. The van der Waals surface area contributed by atoms with E-state index in [-0.39, 0.29) is 0 Å². The van der Waals surface area contributed by atoms with Crippen molar-refractivity contribution in [3.05, 3.63) is 0 Å². The summed E-state index contributed by atoms with van der Waals surface area (Å²) in [6, 6.07) is 0.697. The Kier molecular flexibility index (Phi) is 4.74. The molecule has 0 amide bonds. The summed E-state index contributed by atoms with van der Waals surface area (Å²) in [5.41, 5.74) is 0. The molecule has 0 radical (unpaired) electrons. The van der Waals surface area contributed by atoms with E-state index in [0.29, 0.717) is 12.1 Å². The van der Waals surface area contributed by atoms with Crippen molar-refractivity contribution in [3.63, 3.8) is 0 Å². The van der Waals surface area contributed by atoms with Crippen molar-refractivity contribution < 1.29 is 4.74 Å². The molecule has 1 saturated heterocycles. The Balaban J connectivity index is 2.06. The standard InChI is InChI=1S/C11H23NO/c1-9(2)4-6-12-11-5-7-13-10(3)8-11/h9-12H,4-8H2,1-3H3. The maximum Gasteiger partial charge on any atom is 0.0561 e. The molecule has 0 aromatic rings. The van der Waals surface area contributed by atoms with Crippen molar-refractivity contribution in [2.45, 2.75) is 52.2 Å². The van der Waals surface area contributed by atoms with Crippen LogP contribution in [0.4, 0.5) is 0 Å². The highest BCUT2D eigenvalue weighted by Gasteiger charge is 2.18. The number of hydrogen-bond donors (Lipinski definition) is 1. The Bertz CT molecular complexity index is 136. The zero-order valence-electron chi connectivity index (χ0n) is 9.18. The third-order valence-corrected chi connectivity index (χ3v) is 2.64. The summed E-state index contributed by atoms with van der Waals surface area (Å²) in [6.07, 6.45) is 4.09. The first-order chi connectivity index (χ1) is 6.18. The summed E-state index contributed by atoms with van der Waals surface area (Å²) >= 11 is 0. The maximum absolute atomic E-state index is 5.50. The van der Waals surface area contributed by atoms with Gasteiger partial charge in [-0.05, 0) is 38.6 Å². The van der Waals surface area contributed by atoms with Gasteiger partial charge in [-0.2, -0.15) is 0 Å².